The molecule has 0 spiro atoms. The Hall–Kier alpha value is -3.38. The minimum Gasteiger partial charge on any atom is -0.454 e. The van der Waals surface area contributed by atoms with E-state index in [0.29, 0.717) is 11.9 Å². The number of hydrogen-bond donors (Lipinski definition) is 0. The summed E-state index contributed by atoms with van der Waals surface area (Å²) in [5.74, 6) is 2.28. The molecule has 6 heteroatoms. The number of rotatable bonds is 2. The lowest BCUT2D eigenvalue weighted by atomic mass is 10.1. The molecular weight excluding hydrogens is 384 g/mol. The molecule has 2 aromatic heterocycles. The molecular formula is C23H16N2O3S. The Bertz CT molecular complexity index is 1350. The highest BCUT2D eigenvalue weighted by atomic mass is 32.1. The van der Waals surface area contributed by atoms with Gasteiger partial charge in [0.25, 0.3) is 5.56 Å². The molecule has 0 N–H and O–H groups in total. The second-order valence-electron chi connectivity index (χ2n) is 7.12. The van der Waals surface area contributed by atoms with Crippen LogP contribution in [0, 0.1) is 0 Å². The topological polar surface area (TPSA) is 53.4 Å². The molecule has 29 heavy (non-hydrogen) atoms. The van der Waals surface area contributed by atoms with Crippen molar-refractivity contribution in [1.82, 2.24) is 9.55 Å². The van der Waals surface area contributed by atoms with Gasteiger partial charge in [-0.15, -0.1) is 11.3 Å². The van der Waals surface area contributed by atoms with E-state index in [1.54, 1.807) is 15.9 Å². The zero-order chi connectivity index (χ0) is 19.4. The van der Waals surface area contributed by atoms with Gasteiger partial charge in [0.15, 0.2) is 11.5 Å². The van der Waals surface area contributed by atoms with Crippen molar-refractivity contribution in [1.29, 1.82) is 0 Å². The fourth-order valence-electron chi connectivity index (χ4n) is 3.90. The van der Waals surface area contributed by atoms with Gasteiger partial charge in [0.05, 0.1) is 5.39 Å². The van der Waals surface area contributed by atoms with E-state index >= 15 is 0 Å². The Labute approximate surface area is 170 Å². The largest absolute Gasteiger partial charge is 0.454 e. The molecule has 142 valence electrons. The first-order chi connectivity index (χ1) is 14.3. The Morgan fingerprint density at radius 1 is 1.03 bits per heavy atom. The molecule has 0 bridgehead atoms. The van der Waals surface area contributed by atoms with Crippen LogP contribution in [0.25, 0.3) is 32.3 Å². The van der Waals surface area contributed by atoms with Crippen LogP contribution < -0.4 is 15.0 Å². The summed E-state index contributed by atoms with van der Waals surface area (Å²) in [7, 11) is 0. The van der Waals surface area contributed by atoms with E-state index in [-0.39, 0.29) is 12.4 Å². The van der Waals surface area contributed by atoms with E-state index in [4.69, 9.17) is 14.5 Å². The van der Waals surface area contributed by atoms with Crippen LogP contribution in [-0.2, 0) is 6.54 Å². The maximum absolute atomic E-state index is 13.1. The molecule has 2 aliphatic rings. The number of hydrogen-bond acceptors (Lipinski definition) is 5. The van der Waals surface area contributed by atoms with Gasteiger partial charge in [-0.3, -0.25) is 9.36 Å². The lowest BCUT2D eigenvalue weighted by Crippen LogP contribution is -2.19. The summed E-state index contributed by atoms with van der Waals surface area (Å²) < 4.78 is 12.7. The van der Waals surface area contributed by atoms with Crippen LogP contribution >= 0.6 is 11.3 Å². The summed E-state index contributed by atoms with van der Waals surface area (Å²) in [6.45, 7) is 0.916. The molecule has 0 saturated carbocycles. The predicted octanol–water partition coefficient (Wildman–Crippen LogP) is 4.80. The smallest absolute Gasteiger partial charge is 0.262 e. The Morgan fingerprint density at radius 2 is 1.90 bits per heavy atom. The average Bonchev–Trinajstić information content (AvgIpc) is 3.47. The molecule has 2 aliphatic heterocycles. The normalized spacial score (nSPS) is 15.9. The highest BCUT2D eigenvalue weighted by molar-refractivity contribution is 7.21. The van der Waals surface area contributed by atoms with Crippen LogP contribution in [0.3, 0.4) is 0 Å². The van der Waals surface area contributed by atoms with Crippen molar-refractivity contribution in [3.8, 4) is 21.9 Å². The monoisotopic (exact) mass is 400 g/mol. The molecule has 5 nitrogen and oxygen atoms in total. The molecule has 2 aromatic carbocycles. The molecule has 0 amide bonds. The molecule has 0 saturated heterocycles. The van der Waals surface area contributed by atoms with Gasteiger partial charge in [-0.25, -0.2) is 4.98 Å². The van der Waals surface area contributed by atoms with Crippen molar-refractivity contribution in [2.75, 3.05) is 6.79 Å². The van der Waals surface area contributed by atoms with Gasteiger partial charge in [0, 0.05) is 11.4 Å². The fraction of sp³-hybridized carbons (Fsp3) is 0.130. The predicted molar refractivity (Wildman–Crippen MR) is 114 cm³/mol. The number of fused-ring (bicyclic) bond motifs is 3. The fourth-order valence-corrected chi connectivity index (χ4v) is 4.93. The van der Waals surface area contributed by atoms with E-state index in [1.165, 1.54) is 0 Å². The van der Waals surface area contributed by atoms with Crippen LogP contribution in [0.2, 0.25) is 0 Å². The molecule has 4 aromatic rings. The van der Waals surface area contributed by atoms with Crippen molar-refractivity contribution in [2.24, 2.45) is 0 Å². The number of ether oxygens (including phenoxy) is 2. The highest BCUT2D eigenvalue weighted by Crippen LogP contribution is 2.36. The van der Waals surface area contributed by atoms with Crippen LogP contribution in [0.5, 0.6) is 11.5 Å². The lowest BCUT2D eigenvalue weighted by Gasteiger charge is -2.03. The summed E-state index contributed by atoms with van der Waals surface area (Å²) in [4.78, 5) is 19.8. The number of thiophene rings is 1. The minimum atomic E-state index is 0.0394. The quantitative estimate of drug-likeness (QED) is 0.485. The SMILES string of the molecule is O=c1c2cc(-c3ccccc3)sc2nc2n1CC/C2=C\c1ccc2c(c1)OCO2. The molecule has 0 fully saturated rings. The van der Waals surface area contributed by atoms with Crippen molar-refractivity contribution < 1.29 is 9.47 Å². The number of nitrogens with zero attached hydrogens (tertiary/aromatic N) is 2. The van der Waals surface area contributed by atoms with E-state index in [9.17, 15) is 4.79 Å². The van der Waals surface area contributed by atoms with E-state index in [2.05, 4.69) is 18.2 Å². The molecule has 6 rings (SSSR count). The minimum absolute atomic E-state index is 0.0394. The van der Waals surface area contributed by atoms with E-state index < -0.39 is 0 Å². The van der Waals surface area contributed by atoms with Gasteiger partial charge in [-0.2, -0.15) is 0 Å². The van der Waals surface area contributed by atoms with Gasteiger partial charge >= 0.3 is 0 Å². The average molecular weight is 400 g/mol. The van der Waals surface area contributed by atoms with Gasteiger partial charge in [0.2, 0.25) is 6.79 Å². The van der Waals surface area contributed by atoms with Crippen molar-refractivity contribution in [3.63, 3.8) is 0 Å². The maximum atomic E-state index is 13.1. The first kappa shape index (κ1) is 16.6. The second kappa shape index (κ2) is 6.32. The third kappa shape index (κ3) is 2.68. The number of allylic oxidation sites excluding steroid dienone is 1. The first-order valence-electron chi connectivity index (χ1n) is 9.47. The third-order valence-corrected chi connectivity index (χ3v) is 6.42. The molecule has 0 unspecified atom stereocenters. The maximum Gasteiger partial charge on any atom is 0.262 e. The van der Waals surface area contributed by atoms with Crippen molar-refractivity contribution in [3.05, 3.63) is 76.3 Å². The Balaban J connectivity index is 1.46. The molecule has 0 aliphatic carbocycles. The van der Waals surface area contributed by atoms with E-state index in [0.717, 1.165) is 50.2 Å². The van der Waals surface area contributed by atoms with Crippen LogP contribution in [0.4, 0.5) is 0 Å². The first-order valence-corrected chi connectivity index (χ1v) is 10.3. The van der Waals surface area contributed by atoms with Crippen LogP contribution in [0.1, 0.15) is 17.8 Å². The summed E-state index contributed by atoms with van der Waals surface area (Å²) in [5, 5.41) is 0.696. The zero-order valence-corrected chi connectivity index (χ0v) is 16.2. The zero-order valence-electron chi connectivity index (χ0n) is 15.4. The third-order valence-electron chi connectivity index (χ3n) is 5.34. The van der Waals surface area contributed by atoms with Crippen molar-refractivity contribution >= 4 is 33.2 Å². The lowest BCUT2D eigenvalue weighted by molar-refractivity contribution is 0.174. The summed E-state index contributed by atoms with van der Waals surface area (Å²) in [6.07, 6.45) is 2.88. The number of benzene rings is 2. The molecule has 0 atom stereocenters. The van der Waals surface area contributed by atoms with Crippen LogP contribution in [-0.4, -0.2) is 16.3 Å². The van der Waals surface area contributed by atoms with Gasteiger partial charge in [0.1, 0.15) is 10.7 Å². The van der Waals surface area contributed by atoms with Gasteiger partial charge < -0.3 is 9.47 Å². The van der Waals surface area contributed by atoms with Crippen molar-refractivity contribution in [2.45, 2.75) is 13.0 Å². The molecule has 0 radical (unpaired) electrons. The molecule has 4 heterocycles. The number of aromatic nitrogens is 2. The van der Waals surface area contributed by atoms with Gasteiger partial charge in [-0.05, 0) is 47.4 Å². The second-order valence-corrected chi connectivity index (χ2v) is 8.15. The summed E-state index contributed by atoms with van der Waals surface area (Å²) >= 11 is 1.57. The highest BCUT2D eigenvalue weighted by Gasteiger charge is 2.23. The van der Waals surface area contributed by atoms with Crippen LogP contribution in [0.15, 0.2) is 59.4 Å². The Morgan fingerprint density at radius 3 is 2.79 bits per heavy atom. The summed E-state index contributed by atoms with van der Waals surface area (Å²) in [5.41, 5.74) is 3.23. The standard InChI is InChI=1S/C23H16N2O3S/c26-23-17-12-20(15-4-2-1-3-5-15)29-22(17)24-21-16(8-9-25(21)23)10-14-6-7-18-19(11-14)28-13-27-18/h1-7,10-12H,8-9,13H2/b16-10+. The Kier molecular flexibility index (Phi) is 3.61. The van der Waals surface area contributed by atoms with E-state index in [1.807, 2.05) is 42.5 Å². The summed E-state index contributed by atoms with van der Waals surface area (Å²) in [6, 6.07) is 18.0. The van der Waals surface area contributed by atoms with Gasteiger partial charge in [-0.1, -0.05) is 36.4 Å².